The van der Waals surface area contributed by atoms with Gasteiger partial charge in [0.25, 0.3) is 5.56 Å². The highest BCUT2D eigenvalue weighted by Gasteiger charge is 2.30. The summed E-state index contributed by atoms with van der Waals surface area (Å²) in [6.07, 6.45) is -5.43. The van der Waals surface area contributed by atoms with E-state index in [1.54, 1.807) is 6.92 Å². The molecule has 1 unspecified atom stereocenters. The van der Waals surface area contributed by atoms with E-state index in [1.165, 1.54) is 18.2 Å². The third-order valence-corrected chi connectivity index (χ3v) is 2.96. The van der Waals surface area contributed by atoms with Crippen LogP contribution in [0.4, 0.5) is 19.0 Å². The molecule has 1 heterocycles. The fraction of sp³-hybridized carbons (Fsp3) is 0.286. The van der Waals surface area contributed by atoms with Crippen molar-refractivity contribution in [1.82, 2.24) is 9.97 Å². The molecule has 0 saturated heterocycles. The normalized spacial score (nSPS) is 13.0. The number of benzene rings is 1. The summed E-state index contributed by atoms with van der Waals surface area (Å²) in [5.41, 5.74) is -0.774. The number of aryl methyl sites for hydroxylation is 1. The highest BCUT2D eigenvalue weighted by atomic mass is 19.4. The van der Waals surface area contributed by atoms with Crippen LogP contribution >= 0.6 is 0 Å². The molecule has 3 N–H and O–H groups in total. The average Bonchev–Trinajstić information content (AvgIpc) is 2.43. The summed E-state index contributed by atoms with van der Waals surface area (Å²) < 4.78 is 37.4. The number of anilines is 1. The number of aromatic amines is 1. The largest absolute Gasteiger partial charge is 0.416 e. The Labute approximate surface area is 123 Å². The molecule has 1 atom stereocenters. The topological polar surface area (TPSA) is 78.0 Å². The lowest BCUT2D eigenvalue weighted by atomic mass is 10.1. The van der Waals surface area contributed by atoms with E-state index in [0.29, 0.717) is 11.4 Å². The van der Waals surface area contributed by atoms with Gasteiger partial charge in [-0.05, 0) is 24.6 Å². The fourth-order valence-corrected chi connectivity index (χ4v) is 1.88. The lowest BCUT2D eigenvalue weighted by molar-refractivity contribution is -0.137. The summed E-state index contributed by atoms with van der Waals surface area (Å²) in [5.74, 6) is 0.700. The number of H-pyrrole nitrogens is 1. The molecule has 8 heteroatoms. The van der Waals surface area contributed by atoms with E-state index < -0.39 is 17.8 Å². The van der Waals surface area contributed by atoms with Crippen LogP contribution in [-0.4, -0.2) is 21.6 Å². The van der Waals surface area contributed by atoms with Crippen LogP contribution in [0.1, 0.15) is 23.1 Å². The Morgan fingerprint density at radius 2 is 1.95 bits per heavy atom. The number of nitrogens with zero attached hydrogens (tertiary/aromatic N) is 1. The predicted molar refractivity (Wildman–Crippen MR) is 74.5 cm³/mol. The molecule has 0 bridgehead atoms. The van der Waals surface area contributed by atoms with Crippen LogP contribution in [0.5, 0.6) is 0 Å². The number of rotatable bonds is 4. The zero-order valence-electron chi connectivity index (χ0n) is 11.6. The molecule has 0 amide bonds. The van der Waals surface area contributed by atoms with E-state index >= 15 is 0 Å². The first-order chi connectivity index (χ1) is 10.3. The Morgan fingerprint density at radius 1 is 1.32 bits per heavy atom. The van der Waals surface area contributed by atoms with E-state index in [4.69, 9.17) is 0 Å². The Bertz CT molecular complexity index is 696. The van der Waals surface area contributed by atoms with Crippen LogP contribution in [0.25, 0.3) is 0 Å². The summed E-state index contributed by atoms with van der Waals surface area (Å²) in [4.78, 5) is 17.7. The van der Waals surface area contributed by atoms with E-state index in [-0.39, 0.29) is 17.9 Å². The summed E-state index contributed by atoms with van der Waals surface area (Å²) in [5, 5.41) is 12.7. The molecular weight excluding hydrogens is 299 g/mol. The Balaban J connectivity index is 2.03. The zero-order valence-corrected chi connectivity index (χ0v) is 11.6. The number of halogens is 3. The smallest absolute Gasteiger partial charge is 0.387 e. The van der Waals surface area contributed by atoms with Crippen molar-refractivity contribution in [1.29, 1.82) is 0 Å². The molecule has 2 aromatic rings. The maximum Gasteiger partial charge on any atom is 0.416 e. The van der Waals surface area contributed by atoms with Gasteiger partial charge in [0.15, 0.2) is 0 Å². The van der Waals surface area contributed by atoms with Crippen molar-refractivity contribution in [2.45, 2.75) is 19.2 Å². The minimum atomic E-state index is -4.41. The van der Waals surface area contributed by atoms with Crippen LogP contribution in [0.2, 0.25) is 0 Å². The van der Waals surface area contributed by atoms with Gasteiger partial charge >= 0.3 is 6.18 Å². The van der Waals surface area contributed by atoms with Gasteiger partial charge in [-0.1, -0.05) is 12.1 Å². The Morgan fingerprint density at radius 3 is 2.50 bits per heavy atom. The van der Waals surface area contributed by atoms with E-state index in [2.05, 4.69) is 15.3 Å². The third kappa shape index (κ3) is 4.08. The van der Waals surface area contributed by atoms with E-state index in [0.717, 1.165) is 12.1 Å². The third-order valence-electron chi connectivity index (χ3n) is 2.96. The minimum Gasteiger partial charge on any atom is -0.387 e. The number of hydrogen-bond acceptors (Lipinski definition) is 4. The molecule has 0 aliphatic carbocycles. The highest BCUT2D eigenvalue weighted by molar-refractivity contribution is 5.34. The van der Waals surface area contributed by atoms with Crippen LogP contribution in [0.3, 0.4) is 0 Å². The first kappa shape index (κ1) is 16.0. The molecule has 0 saturated carbocycles. The molecule has 1 aromatic carbocycles. The predicted octanol–water partition coefficient (Wildman–Crippen LogP) is 2.24. The molecule has 22 heavy (non-hydrogen) atoms. The average molecular weight is 313 g/mol. The van der Waals surface area contributed by atoms with Gasteiger partial charge in [-0.3, -0.25) is 4.79 Å². The molecule has 1 aromatic heterocycles. The van der Waals surface area contributed by atoms with Crippen molar-refractivity contribution in [3.05, 3.63) is 57.6 Å². The number of aliphatic hydroxyl groups excluding tert-OH is 1. The summed E-state index contributed by atoms with van der Waals surface area (Å²) in [7, 11) is 0. The number of aromatic nitrogens is 2. The van der Waals surface area contributed by atoms with Crippen molar-refractivity contribution < 1.29 is 18.3 Å². The van der Waals surface area contributed by atoms with Crippen molar-refractivity contribution >= 4 is 5.82 Å². The first-order valence-electron chi connectivity index (χ1n) is 6.43. The first-order valence-corrected chi connectivity index (χ1v) is 6.43. The maximum atomic E-state index is 12.5. The van der Waals surface area contributed by atoms with Gasteiger partial charge in [-0.2, -0.15) is 13.2 Å². The SMILES string of the molecule is Cc1nc(NCC(O)c2ccc(C(F)(F)F)cc2)cc(=O)[nH]1. The lowest BCUT2D eigenvalue weighted by Crippen LogP contribution is -2.16. The second-order valence-electron chi connectivity index (χ2n) is 4.73. The lowest BCUT2D eigenvalue weighted by Gasteiger charge is -2.14. The van der Waals surface area contributed by atoms with Crippen molar-refractivity contribution in [2.75, 3.05) is 11.9 Å². The molecule has 0 spiro atoms. The Hall–Kier alpha value is -2.35. The molecular formula is C14H14F3N3O2. The molecule has 0 aliphatic rings. The molecule has 0 aliphatic heterocycles. The second-order valence-corrected chi connectivity index (χ2v) is 4.73. The van der Waals surface area contributed by atoms with Gasteiger partial charge < -0.3 is 15.4 Å². The van der Waals surface area contributed by atoms with Crippen LogP contribution in [-0.2, 0) is 6.18 Å². The van der Waals surface area contributed by atoms with Crippen molar-refractivity contribution in [3.63, 3.8) is 0 Å². The maximum absolute atomic E-state index is 12.5. The van der Waals surface area contributed by atoms with Gasteiger partial charge in [0.1, 0.15) is 11.6 Å². The number of nitrogens with one attached hydrogen (secondary N) is 2. The quantitative estimate of drug-likeness (QED) is 0.809. The van der Waals surface area contributed by atoms with E-state index in [1.807, 2.05) is 0 Å². The Kier molecular flexibility index (Phi) is 4.51. The van der Waals surface area contributed by atoms with Gasteiger partial charge in [0.2, 0.25) is 0 Å². The van der Waals surface area contributed by atoms with Crippen LogP contribution < -0.4 is 10.9 Å². The number of hydrogen-bond donors (Lipinski definition) is 3. The number of alkyl halides is 3. The number of aliphatic hydroxyl groups is 1. The van der Waals surface area contributed by atoms with Gasteiger partial charge in [0, 0.05) is 12.6 Å². The molecule has 0 radical (unpaired) electrons. The standard InChI is InChI=1S/C14H14F3N3O2/c1-8-19-12(6-13(22)20-8)18-7-11(21)9-2-4-10(5-3-9)14(15,16)17/h2-6,11,21H,7H2,1H3,(H2,18,19,20,22). The molecule has 2 rings (SSSR count). The van der Waals surface area contributed by atoms with Crippen LogP contribution in [0, 0.1) is 6.92 Å². The highest BCUT2D eigenvalue weighted by Crippen LogP contribution is 2.29. The summed E-state index contributed by atoms with van der Waals surface area (Å²) in [6.45, 7) is 1.63. The zero-order chi connectivity index (χ0) is 16.3. The summed E-state index contributed by atoms with van der Waals surface area (Å²) in [6, 6.07) is 5.48. The fourth-order valence-electron chi connectivity index (χ4n) is 1.88. The van der Waals surface area contributed by atoms with E-state index in [9.17, 15) is 23.1 Å². The van der Waals surface area contributed by atoms with Crippen molar-refractivity contribution in [2.24, 2.45) is 0 Å². The van der Waals surface area contributed by atoms with Gasteiger partial charge in [-0.15, -0.1) is 0 Å². The minimum absolute atomic E-state index is 0.0151. The van der Waals surface area contributed by atoms with Gasteiger partial charge in [0.05, 0.1) is 11.7 Å². The summed E-state index contributed by atoms with van der Waals surface area (Å²) >= 11 is 0. The van der Waals surface area contributed by atoms with Crippen LogP contribution in [0.15, 0.2) is 35.1 Å². The molecule has 118 valence electrons. The molecule has 0 fully saturated rings. The molecule has 5 nitrogen and oxygen atoms in total. The van der Waals surface area contributed by atoms with Gasteiger partial charge in [-0.25, -0.2) is 4.98 Å². The second kappa shape index (κ2) is 6.18. The monoisotopic (exact) mass is 313 g/mol. The van der Waals surface area contributed by atoms with Crippen molar-refractivity contribution in [3.8, 4) is 0 Å².